The van der Waals surface area contributed by atoms with Crippen molar-refractivity contribution in [3.63, 3.8) is 0 Å². The molecule has 0 radical (unpaired) electrons. The Hall–Kier alpha value is -3.27. The van der Waals surface area contributed by atoms with E-state index in [0.717, 1.165) is 40.3 Å². The molecular formula is C28H31ClN4O4S. The van der Waals surface area contributed by atoms with Crippen LogP contribution in [0.3, 0.4) is 0 Å². The number of nitrogens with zero attached hydrogens (tertiary/aromatic N) is 3. The predicted molar refractivity (Wildman–Crippen MR) is 153 cm³/mol. The monoisotopic (exact) mass is 554 g/mol. The highest BCUT2D eigenvalue weighted by Crippen LogP contribution is 2.40. The van der Waals surface area contributed by atoms with Crippen LogP contribution in [0.25, 0.3) is 10.2 Å². The zero-order chi connectivity index (χ0) is 26.6. The number of carbonyl (C=O) groups excluding carboxylic acids is 1. The van der Waals surface area contributed by atoms with E-state index in [1.54, 1.807) is 0 Å². The molecule has 1 saturated heterocycles. The van der Waals surface area contributed by atoms with Crippen molar-refractivity contribution in [3.8, 4) is 11.5 Å². The van der Waals surface area contributed by atoms with E-state index < -0.39 is 0 Å². The number of ether oxygens (including phenoxy) is 3. The number of hydrogen-bond donors (Lipinski definition) is 1. The fourth-order valence-electron chi connectivity index (χ4n) is 4.55. The Kier molecular flexibility index (Phi) is 8.06. The number of aromatic nitrogens is 2. The van der Waals surface area contributed by atoms with Gasteiger partial charge in [0.25, 0.3) is 5.91 Å². The van der Waals surface area contributed by atoms with Gasteiger partial charge in [-0.3, -0.25) is 9.48 Å². The van der Waals surface area contributed by atoms with Crippen molar-refractivity contribution in [1.82, 2.24) is 9.78 Å². The van der Waals surface area contributed by atoms with Gasteiger partial charge in [0.2, 0.25) is 0 Å². The van der Waals surface area contributed by atoms with E-state index >= 15 is 0 Å². The molecule has 38 heavy (non-hydrogen) atoms. The zero-order valence-corrected chi connectivity index (χ0v) is 23.3. The first-order chi connectivity index (χ1) is 18.5. The van der Waals surface area contributed by atoms with E-state index in [9.17, 15) is 4.79 Å². The second kappa shape index (κ2) is 11.6. The molecule has 0 bridgehead atoms. The van der Waals surface area contributed by atoms with Crippen LogP contribution >= 0.6 is 22.9 Å². The van der Waals surface area contributed by atoms with Crippen LogP contribution in [0.15, 0.2) is 42.5 Å². The minimum absolute atomic E-state index is 0.211. The first kappa shape index (κ1) is 26.3. The largest absolute Gasteiger partial charge is 0.492 e. The lowest BCUT2D eigenvalue weighted by atomic mass is 10.2. The summed E-state index contributed by atoms with van der Waals surface area (Å²) in [5.41, 5.74) is 3.35. The molecule has 0 saturated carbocycles. The quantitative estimate of drug-likeness (QED) is 0.274. The Bertz CT molecular complexity index is 1440. The van der Waals surface area contributed by atoms with Crippen molar-refractivity contribution in [2.75, 3.05) is 49.7 Å². The number of hydrogen-bond acceptors (Lipinski definition) is 7. The van der Waals surface area contributed by atoms with Gasteiger partial charge in [-0.05, 0) is 38.5 Å². The summed E-state index contributed by atoms with van der Waals surface area (Å²) in [4.78, 5) is 17.2. The van der Waals surface area contributed by atoms with Gasteiger partial charge in [0, 0.05) is 35.6 Å². The first-order valence-corrected chi connectivity index (χ1v) is 14.0. The molecule has 1 N–H and O–H groups in total. The highest BCUT2D eigenvalue weighted by molar-refractivity contribution is 7.20. The number of rotatable bonds is 9. The SMILES string of the molecule is CCOc1cc(N2CCOCC2)c(OCC)cc1NC(=O)c1cc2c(C)nn(Cc3ccccc3Cl)c2s1. The van der Waals surface area contributed by atoms with Gasteiger partial charge >= 0.3 is 0 Å². The number of nitrogens with one attached hydrogen (secondary N) is 1. The Balaban J connectivity index is 1.44. The third kappa shape index (κ3) is 5.45. The smallest absolute Gasteiger partial charge is 0.265 e. The first-order valence-electron chi connectivity index (χ1n) is 12.8. The fraction of sp³-hybridized carbons (Fsp3) is 0.357. The highest BCUT2D eigenvalue weighted by Gasteiger charge is 2.22. The summed E-state index contributed by atoms with van der Waals surface area (Å²) in [6.45, 7) is 10.2. The van der Waals surface area contributed by atoms with Crippen LogP contribution in [-0.2, 0) is 11.3 Å². The van der Waals surface area contributed by atoms with Crippen molar-refractivity contribution in [2.45, 2.75) is 27.3 Å². The summed E-state index contributed by atoms with van der Waals surface area (Å²) in [7, 11) is 0. The molecule has 2 aromatic heterocycles. The molecule has 8 nitrogen and oxygen atoms in total. The standard InChI is InChI=1S/C28H31ClN4O4S/c1-4-36-24-16-23(32-10-12-35-13-11-32)25(37-5-2)15-22(24)30-27(34)26-14-20-18(3)31-33(28(20)38-26)17-19-8-6-7-9-21(19)29/h6-9,14-16H,4-5,10-13,17H2,1-3H3,(H,30,34). The maximum Gasteiger partial charge on any atom is 0.265 e. The molecule has 1 aliphatic rings. The number of halogens is 1. The van der Waals surface area contributed by atoms with E-state index in [2.05, 4.69) is 15.3 Å². The molecule has 3 heterocycles. The second-order valence-corrected chi connectivity index (χ2v) is 10.3. The van der Waals surface area contributed by atoms with Crippen LogP contribution in [0.4, 0.5) is 11.4 Å². The number of amides is 1. The van der Waals surface area contributed by atoms with Crippen molar-refractivity contribution in [1.29, 1.82) is 0 Å². The number of aryl methyl sites for hydroxylation is 1. The van der Waals surface area contributed by atoms with Crippen LogP contribution in [-0.4, -0.2) is 55.2 Å². The summed E-state index contributed by atoms with van der Waals surface area (Å²) >= 11 is 7.79. The van der Waals surface area contributed by atoms with Crippen LogP contribution < -0.4 is 19.7 Å². The van der Waals surface area contributed by atoms with Gasteiger partial charge < -0.3 is 24.4 Å². The number of carbonyl (C=O) groups is 1. The molecule has 1 aliphatic heterocycles. The van der Waals surface area contributed by atoms with Crippen molar-refractivity contribution < 1.29 is 19.0 Å². The van der Waals surface area contributed by atoms with Gasteiger partial charge in [-0.25, -0.2) is 0 Å². The van der Waals surface area contributed by atoms with Crippen LogP contribution in [0.2, 0.25) is 5.02 Å². The molecular weight excluding hydrogens is 524 g/mol. The fourth-order valence-corrected chi connectivity index (χ4v) is 5.80. The Morgan fingerprint density at radius 3 is 2.58 bits per heavy atom. The number of morpholine rings is 1. The molecule has 0 aliphatic carbocycles. The van der Waals surface area contributed by atoms with E-state index in [1.165, 1.54) is 11.3 Å². The summed E-state index contributed by atoms with van der Waals surface area (Å²) in [6, 6.07) is 13.4. The van der Waals surface area contributed by atoms with Gasteiger partial charge in [0.15, 0.2) is 0 Å². The minimum atomic E-state index is -0.211. The lowest BCUT2D eigenvalue weighted by Gasteiger charge is -2.31. The number of fused-ring (bicyclic) bond motifs is 1. The molecule has 200 valence electrons. The molecule has 0 atom stereocenters. The van der Waals surface area contributed by atoms with E-state index in [1.807, 2.05) is 67.9 Å². The van der Waals surface area contributed by atoms with Gasteiger partial charge in [0.05, 0.1) is 54.9 Å². The van der Waals surface area contributed by atoms with Crippen molar-refractivity contribution in [3.05, 3.63) is 63.6 Å². The van der Waals surface area contributed by atoms with Crippen LogP contribution in [0, 0.1) is 6.92 Å². The minimum Gasteiger partial charge on any atom is -0.492 e. The molecule has 1 amide bonds. The molecule has 0 unspecified atom stereocenters. The maximum atomic E-state index is 13.5. The third-order valence-corrected chi connectivity index (χ3v) is 7.89. The Morgan fingerprint density at radius 2 is 1.84 bits per heavy atom. The Labute approximate surface area is 231 Å². The lowest BCUT2D eigenvalue weighted by Crippen LogP contribution is -2.36. The predicted octanol–water partition coefficient (Wildman–Crippen LogP) is 5.99. The van der Waals surface area contributed by atoms with E-state index in [-0.39, 0.29) is 5.91 Å². The third-order valence-electron chi connectivity index (χ3n) is 6.37. The molecule has 2 aromatic carbocycles. The molecule has 1 fully saturated rings. The topological polar surface area (TPSA) is 77.8 Å². The lowest BCUT2D eigenvalue weighted by molar-refractivity contribution is 0.103. The average Bonchev–Trinajstić information content (AvgIpc) is 3.48. The normalized spacial score (nSPS) is 13.6. The molecule has 10 heteroatoms. The van der Waals surface area contributed by atoms with Gasteiger partial charge in [-0.15, -0.1) is 11.3 Å². The number of thiophene rings is 1. The van der Waals surface area contributed by atoms with Crippen molar-refractivity contribution in [2.24, 2.45) is 0 Å². The highest BCUT2D eigenvalue weighted by atomic mass is 35.5. The molecule has 4 aromatic rings. The zero-order valence-electron chi connectivity index (χ0n) is 21.8. The van der Waals surface area contributed by atoms with Gasteiger partial charge in [0.1, 0.15) is 16.3 Å². The number of benzene rings is 2. The van der Waals surface area contributed by atoms with E-state index in [4.69, 9.17) is 25.8 Å². The summed E-state index contributed by atoms with van der Waals surface area (Å²) < 4.78 is 19.3. The molecule has 0 spiro atoms. The van der Waals surface area contributed by atoms with Crippen LogP contribution in [0.5, 0.6) is 11.5 Å². The van der Waals surface area contributed by atoms with Crippen LogP contribution in [0.1, 0.15) is 34.8 Å². The molecule has 5 rings (SSSR count). The second-order valence-electron chi connectivity index (χ2n) is 8.90. The van der Waals surface area contributed by atoms with Gasteiger partial charge in [-0.2, -0.15) is 5.10 Å². The summed E-state index contributed by atoms with van der Waals surface area (Å²) in [5.74, 6) is 1.10. The summed E-state index contributed by atoms with van der Waals surface area (Å²) in [6.07, 6.45) is 0. The van der Waals surface area contributed by atoms with Crippen molar-refractivity contribution >= 4 is 50.4 Å². The summed E-state index contributed by atoms with van der Waals surface area (Å²) in [5, 5.41) is 9.39. The Morgan fingerprint density at radius 1 is 1.11 bits per heavy atom. The number of anilines is 2. The average molecular weight is 555 g/mol. The van der Waals surface area contributed by atoms with E-state index in [0.29, 0.717) is 60.1 Å². The maximum absolute atomic E-state index is 13.5. The van der Waals surface area contributed by atoms with Gasteiger partial charge in [-0.1, -0.05) is 29.8 Å².